The van der Waals surface area contributed by atoms with Crippen LogP contribution in [0.2, 0.25) is 0 Å². The summed E-state index contributed by atoms with van der Waals surface area (Å²) in [6.07, 6.45) is 6.91. The van der Waals surface area contributed by atoms with E-state index in [1.54, 1.807) is 24.3 Å². The molecule has 1 aromatic rings. The number of hydrogen-bond acceptors (Lipinski definition) is 3. The van der Waals surface area contributed by atoms with Gasteiger partial charge in [-0.25, -0.2) is 5.43 Å². The second-order valence-corrected chi connectivity index (χ2v) is 5.16. The van der Waals surface area contributed by atoms with Crippen LogP contribution in [0, 0.1) is 0 Å². The van der Waals surface area contributed by atoms with Crippen LogP contribution in [-0.2, 0) is 4.79 Å². The molecule has 0 bridgehead atoms. The van der Waals surface area contributed by atoms with E-state index in [1.165, 1.54) is 19.3 Å². The summed E-state index contributed by atoms with van der Waals surface area (Å²) in [7, 11) is 0. The normalized spacial score (nSPS) is 11.4. The molecule has 0 heterocycles. The van der Waals surface area contributed by atoms with Gasteiger partial charge in [-0.05, 0) is 42.7 Å². The molecule has 0 aliphatic rings. The summed E-state index contributed by atoms with van der Waals surface area (Å²) < 4.78 is 0. The van der Waals surface area contributed by atoms with E-state index in [9.17, 15) is 9.90 Å². The van der Waals surface area contributed by atoms with Crippen LogP contribution in [0.5, 0.6) is 5.75 Å². The van der Waals surface area contributed by atoms with Gasteiger partial charge in [-0.1, -0.05) is 39.5 Å². The maximum Gasteiger partial charge on any atom is 0.240 e. The molecule has 21 heavy (non-hydrogen) atoms. The molecule has 0 aliphatic carbocycles. The summed E-state index contributed by atoms with van der Waals surface area (Å²) in [5.41, 5.74) is 4.35. The zero-order valence-corrected chi connectivity index (χ0v) is 13.1. The van der Waals surface area contributed by atoms with Crippen molar-refractivity contribution in [3.05, 3.63) is 29.8 Å². The predicted octanol–water partition coefficient (Wildman–Crippen LogP) is 3.98. The van der Waals surface area contributed by atoms with Gasteiger partial charge in [0.25, 0.3) is 0 Å². The van der Waals surface area contributed by atoms with Crippen LogP contribution in [0.3, 0.4) is 0 Å². The number of rotatable bonds is 9. The van der Waals surface area contributed by atoms with Crippen molar-refractivity contribution in [2.75, 3.05) is 0 Å². The Morgan fingerprint density at radius 1 is 1.10 bits per heavy atom. The van der Waals surface area contributed by atoms with E-state index in [4.69, 9.17) is 0 Å². The van der Waals surface area contributed by atoms with Crippen molar-refractivity contribution in [3.63, 3.8) is 0 Å². The third kappa shape index (κ3) is 6.93. The number of nitrogens with zero attached hydrogens (tertiary/aromatic N) is 1. The number of unbranched alkanes of at least 4 members (excludes halogenated alkanes) is 4. The first kappa shape index (κ1) is 17.2. The lowest BCUT2D eigenvalue weighted by molar-refractivity contribution is -0.121. The first-order valence-corrected chi connectivity index (χ1v) is 7.82. The van der Waals surface area contributed by atoms with E-state index in [2.05, 4.69) is 17.5 Å². The first-order valence-electron chi connectivity index (χ1n) is 7.82. The summed E-state index contributed by atoms with van der Waals surface area (Å²) in [6.45, 7) is 4.17. The fourth-order valence-corrected chi connectivity index (χ4v) is 2.08. The van der Waals surface area contributed by atoms with Gasteiger partial charge in [-0.15, -0.1) is 0 Å². The minimum Gasteiger partial charge on any atom is -0.508 e. The molecule has 4 nitrogen and oxygen atoms in total. The molecule has 0 saturated heterocycles. The molecule has 0 saturated carbocycles. The van der Waals surface area contributed by atoms with Gasteiger partial charge < -0.3 is 5.11 Å². The smallest absolute Gasteiger partial charge is 0.240 e. The Bertz CT molecular complexity index is 452. The summed E-state index contributed by atoms with van der Waals surface area (Å²) in [4.78, 5) is 11.7. The lowest BCUT2D eigenvalue weighted by atomic mass is 10.1. The van der Waals surface area contributed by atoms with Crippen LogP contribution < -0.4 is 5.43 Å². The van der Waals surface area contributed by atoms with Gasteiger partial charge in [0.05, 0.1) is 5.71 Å². The third-order valence-corrected chi connectivity index (χ3v) is 3.36. The highest BCUT2D eigenvalue weighted by Crippen LogP contribution is 2.11. The van der Waals surface area contributed by atoms with Crippen LogP contribution in [0.25, 0.3) is 0 Å². The second kappa shape index (κ2) is 9.97. The number of carbonyl (C=O) groups excluding carboxylic acids is 1. The summed E-state index contributed by atoms with van der Waals surface area (Å²) in [6, 6.07) is 6.84. The summed E-state index contributed by atoms with van der Waals surface area (Å²) in [5.74, 6) is 0.196. The SMILES string of the molecule is CCCCCCCC(=O)N/N=C(\CC)c1ccc(O)cc1. The molecular weight excluding hydrogens is 264 g/mol. The standard InChI is InChI=1S/C17H26N2O2/c1-3-5-6-7-8-9-17(21)19-18-16(4-2)14-10-12-15(20)13-11-14/h10-13,20H,3-9H2,1-2H3,(H,19,21)/b18-16+. The Kier molecular flexibility index (Phi) is 8.17. The predicted molar refractivity (Wildman–Crippen MR) is 86.5 cm³/mol. The minimum absolute atomic E-state index is 0.0313. The van der Waals surface area contributed by atoms with Crippen molar-refractivity contribution >= 4 is 11.6 Å². The average Bonchev–Trinajstić information content (AvgIpc) is 2.49. The molecule has 0 radical (unpaired) electrons. The highest BCUT2D eigenvalue weighted by molar-refractivity contribution is 6.00. The number of carbonyl (C=O) groups is 1. The Morgan fingerprint density at radius 3 is 2.38 bits per heavy atom. The molecule has 0 aromatic heterocycles. The fourth-order valence-electron chi connectivity index (χ4n) is 2.08. The molecule has 0 spiro atoms. The molecule has 0 unspecified atom stereocenters. The lowest BCUT2D eigenvalue weighted by Gasteiger charge is -2.05. The van der Waals surface area contributed by atoms with E-state index in [-0.39, 0.29) is 11.7 Å². The molecule has 4 heteroatoms. The quantitative estimate of drug-likeness (QED) is 0.410. The monoisotopic (exact) mass is 290 g/mol. The number of benzene rings is 1. The summed E-state index contributed by atoms with van der Waals surface area (Å²) >= 11 is 0. The molecule has 1 amide bonds. The fraction of sp³-hybridized carbons (Fsp3) is 0.529. The van der Waals surface area contributed by atoms with Gasteiger partial charge in [-0.3, -0.25) is 4.79 Å². The maximum atomic E-state index is 11.7. The molecule has 1 rings (SSSR count). The maximum absolute atomic E-state index is 11.7. The highest BCUT2D eigenvalue weighted by Gasteiger charge is 2.04. The lowest BCUT2D eigenvalue weighted by Crippen LogP contribution is -2.19. The Labute approximate surface area is 127 Å². The van der Waals surface area contributed by atoms with Gasteiger partial charge in [0.1, 0.15) is 5.75 Å². The van der Waals surface area contributed by atoms with Gasteiger partial charge in [-0.2, -0.15) is 5.10 Å². The van der Waals surface area contributed by atoms with Crippen LogP contribution in [0.4, 0.5) is 0 Å². The molecule has 0 aliphatic heterocycles. The van der Waals surface area contributed by atoms with E-state index in [0.717, 1.165) is 30.5 Å². The van der Waals surface area contributed by atoms with Crippen LogP contribution >= 0.6 is 0 Å². The van der Waals surface area contributed by atoms with E-state index < -0.39 is 0 Å². The number of phenolic OH excluding ortho intramolecular Hbond substituents is 1. The summed E-state index contributed by atoms with van der Waals surface area (Å²) in [5, 5.41) is 13.5. The van der Waals surface area contributed by atoms with Gasteiger partial charge >= 0.3 is 0 Å². The Balaban J connectivity index is 2.41. The number of aromatic hydroxyl groups is 1. The Morgan fingerprint density at radius 2 is 1.76 bits per heavy atom. The van der Waals surface area contributed by atoms with Crippen molar-refractivity contribution in [3.8, 4) is 5.75 Å². The molecule has 0 atom stereocenters. The molecule has 1 aromatic carbocycles. The van der Waals surface area contributed by atoms with Crippen LogP contribution in [0.1, 0.15) is 64.4 Å². The first-order chi connectivity index (χ1) is 10.2. The number of amides is 1. The van der Waals surface area contributed by atoms with Crippen molar-refractivity contribution in [1.29, 1.82) is 0 Å². The van der Waals surface area contributed by atoms with E-state index in [1.807, 2.05) is 6.92 Å². The average molecular weight is 290 g/mol. The molecule has 0 fully saturated rings. The van der Waals surface area contributed by atoms with Crippen LogP contribution in [-0.4, -0.2) is 16.7 Å². The van der Waals surface area contributed by atoms with Gasteiger partial charge in [0.15, 0.2) is 0 Å². The van der Waals surface area contributed by atoms with Gasteiger partial charge in [0.2, 0.25) is 5.91 Å². The van der Waals surface area contributed by atoms with Gasteiger partial charge in [0, 0.05) is 6.42 Å². The van der Waals surface area contributed by atoms with Crippen molar-refractivity contribution in [1.82, 2.24) is 5.43 Å². The highest BCUT2D eigenvalue weighted by atomic mass is 16.3. The second-order valence-electron chi connectivity index (χ2n) is 5.16. The van der Waals surface area contributed by atoms with Crippen LogP contribution in [0.15, 0.2) is 29.4 Å². The number of hydrogen-bond donors (Lipinski definition) is 2. The van der Waals surface area contributed by atoms with E-state index in [0.29, 0.717) is 6.42 Å². The van der Waals surface area contributed by atoms with E-state index >= 15 is 0 Å². The third-order valence-electron chi connectivity index (χ3n) is 3.36. The largest absolute Gasteiger partial charge is 0.508 e. The Hall–Kier alpha value is -1.84. The number of phenols is 1. The molecular formula is C17H26N2O2. The molecule has 116 valence electrons. The van der Waals surface area contributed by atoms with Crippen molar-refractivity contribution in [2.45, 2.75) is 58.8 Å². The number of hydrazone groups is 1. The van der Waals surface area contributed by atoms with Crippen molar-refractivity contribution < 1.29 is 9.90 Å². The molecule has 2 N–H and O–H groups in total. The number of nitrogens with one attached hydrogen (secondary N) is 1. The zero-order valence-electron chi connectivity index (χ0n) is 13.1. The van der Waals surface area contributed by atoms with Crippen molar-refractivity contribution in [2.24, 2.45) is 5.10 Å². The zero-order chi connectivity index (χ0) is 15.5. The topological polar surface area (TPSA) is 61.7 Å². The minimum atomic E-state index is -0.0313.